The summed E-state index contributed by atoms with van der Waals surface area (Å²) in [6.07, 6.45) is 4.23. The Morgan fingerprint density at radius 1 is 1.47 bits per heavy atom. The number of methoxy groups -OCH3 is 1. The van der Waals surface area contributed by atoms with Crippen molar-refractivity contribution in [2.24, 2.45) is 0 Å². The minimum atomic E-state index is -0.276. The van der Waals surface area contributed by atoms with Crippen molar-refractivity contribution in [2.75, 3.05) is 7.11 Å². The van der Waals surface area contributed by atoms with Gasteiger partial charge in [-0.2, -0.15) is 0 Å². The van der Waals surface area contributed by atoms with Crippen molar-refractivity contribution >= 4 is 33.1 Å². The molecule has 0 saturated heterocycles. The summed E-state index contributed by atoms with van der Waals surface area (Å²) in [4.78, 5) is 0. The van der Waals surface area contributed by atoms with Crippen LogP contribution < -0.4 is 0 Å². The maximum Gasteiger partial charge on any atom is 0.132 e. The largest absolute Gasteiger partial charge is 0.500 e. The van der Waals surface area contributed by atoms with Crippen LogP contribution in [0.15, 0.2) is 40.6 Å². The minimum absolute atomic E-state index is 0.0979. The molecular weight excluding hydrogens is 306 g/mol. The van der Waals surface area contributed by atoms with Gasteiger partial charge in [0.15, 0.2) is 0 Å². The van der Waals surface area contributed by atoms with Gasteiger partial charge < -0.3 is 4.74 Å². The molecule has 2 rings (SSSR count). The zero-order valence-electron chi connectivity index (χ0n) is 9.21. The van der Waals surface area contributed by atoms with Crippen molar-refractivity contribution in [3.63, 3.8) is 0 Å². The molecule has 1 aliphatic carbocycles. The number of allylic oxidation sites excluding steroid dienone is 4. The summed E-state index contributed by atoms with van der Waals surface area (Å²) in [5, 5.41) is -0.0979. The van der Waals surface area contributed by atoms with Crippen LogP contribution in [0, 0.1) is 5.82 Å². The Bertz CT molecular complexity index is 476. The molecule has 0 aromatic heterocycles. The summed E-state index contributed by atoms with van der Waals surface area (Å²) >= 11 is 9.37. The second-order valence-electron chi connectivity index (χ2n) is 3.72. The minimum Gasteiger partial charge on any atom is -0.500 e. The van der Waals surface area contributed by atoms with Gasteiger partial charge in [0.05, 0.1) is 12.5 Å². The molecule has 4 heteroatoms. The summed E-state index contributed by atoms with van der Waals surface area (Å²) in [7, 11) is 1.58. The molecule has 0 aliphatic heterocycles. The quantitative estimate of drug-likeness (QED) is 0.729. The molecule has 0 bridgehead atoms. The van der Waals surface area contributed by atoms with Crippen LogP contribution in [0.5, 0.6) is 0 Å². The van der Waals surface area contributed by atoms with Gasteiger partial charge in [0.1, 0.15) is 11.6 Å². The van der Waals surface area contributed by atoms with Crippen molar-refractivity contribution in [1.82, 2.24) is 0 Å². The second-order valence-corrected chi connectivity index (χ2v) is 5.13. The van der Waals surface area contributed by atoms with E-state index >= 15 is 0 Å². The van der Waals surface area contributed by atoms with Gasteiger partial charge in [0, 0.05) is 22.0 Å². The lowest BCUT2D eigenvalue weighted by molar-refractivity contribution is 0.279. The Balaban J connectivity index is 2.56. The lowest BCUT2D eigenvalue weighted by Crippen LogP contribution is -2.07. The number of ether oxygens (including phenoxy) is 1. The van der Waals surface area contributed by atoms with Gasteiger partial charge in [-0.3, -0.25) is 0 Å². The van der Waals surface area contributed by atoms with Gasteiger partial charge in [0.2, 0.25) is 0 Å². The molecule has 0 fully saturated rings. The highest BCUT2D eigenvalue weighted by molar-refractivity contribution is 9.10. The van der Waals surface area contributed by atoms with E-state index in [0.29, 0.717) is 22.2 Å². The predicted octanol–water partition coefficient (Wildman–Crippen LogP) is 4.51. The topological polar surface area (TPSA) is 9.23 Å². The highest BCUT2D eigenvalue weighted by Gasteiger charge is 2.20. The van der Waals surface area contributed by atoms with E-state index in [2.05, 4.69) is 15.9 Å². The maximum absolute atomic E-state index is 13.9. The summed E-state index contributed by atoms with van der Waals surface area (Å²) in [5.74, 6) is 0.430. The van der Waals surface area contributed by atoms with E-state index in [1.807, 2.05) is 12.2 Å². The fourth-order valence-corrected chi connectivity index (χ4v) is 2.59. The highest BCUT2D eigenvalue weighted by atomic mass is 79.9. The van der Waals surface area contributed by atoms with Crippen LogP contribution in [-0.2, 0) is 4.74 Å². The SMILES string of the molecule is COC1=C(c2c(F)cccc2Br)C=CC(Cl)C1. The third kappa shape index (κ3) is 2.55. The van der Waals surface area contributed by atoms with Gasteiger partial charge in [-0.15, -0.1) is 11.6 Å². The van der Waals surface area contributed by atoms with Crippen LogP contribution in [0.3, 0.4) is 0 Å². The lowest BCUT2D eigenvalue weighted by Gasteiger charge is -2.19. The van der Waals surface area contributed by atoms with Gasteiger partial charge in [-0.05, 0) is 12.1 Å². The molecule has 1 aromatic rings. The van der Waals surface area contributed by atoms with E-state index in [4.69, 9.17) is 16.3 Å². The van der Waals surface area contributed by atoms with Crippen molar-refractivity contribution in [3.8, 4) is 0 Å². The Morgan fingerprint density at radius 3 is 2.88 bits per heavy atom. The number of rotatable bonds is 2. The zero-order chi connectivity index (χ0) is 12.4. The third-order valence-electron chi connectivity index (χ3n) is 2.63. The zero-order valence-corrected chi connectivity index (χ0v) is 11.6. The van der Waals surface area contributed by atoms with Gasteiger partial charge in [-0.1, -0.05) is 34.1 Å². The van der Waals surface area contributed by atoms with E-state index in [-0.39, 0.29) is 11.2 Å². The molecule has 0 saturated carbocycles. The number of halogens is 3. The summed E-state index contributed by atoms with van der Waals surface area (Å²) < 4.78 is 19.9. The Morgan fingerprint density at radius 2 is 2.24 bits per heavy atom. The third-order valence-corrected chi connectivity index (χ3v) is 3.59. The molecule has 0 radical (unpaired) electrons. The molecule has 1 unspecified atom stereocenters. The Kier molecular flexibility index (Phi) is 3.89. The first-order valence-electron chi connectivity index (χ1n) is 5.17. The first kappa shape index (κ1) is 12.7. The molecule has 17 heavy (non-hydrogen) atoms. The molecule has 1 atom stereocenters. The monoisotopic (exact) mass is 316 g/mol. The fraction of sp³-hybridized carbons (Fsp3) is 0.231. The molecular formula is C13H11BrClFO. The van der Waals surface area contributed by atoms with Crippen LogP contribution in [0.2, 0.25) is 0 Å². The number of hydrogen-bond donors (Lipinski definition) is 0. The van der Waals surface area contributed by atoms with Crippen molar-refractivity contribution < 1.29 is 9.13 Å². The molecule has 0 amide bonds. The molecule has 1 nitrogen and oxygen atoms in total. The predicted molar refractivity (Wildman–Crippen MR) is 71.4 cm³/mol. The van der Waals surface area contributed by atoms with Gasteiger partial charge in [0.25, 0.3) is 0 Å². The molecule has 0 spiro atoms. The second kappa shape index (κ2) is 5.23. The molecule has 1 aromatic carbocycles. The summed E-state index contributed by atoms with van der Waals surface area (Å²) in [5.41, 5.74) is 1.26. The van der Waals surface area contributed by atoms with Crippen molar-refractivity contribution in [3.05, 3.63) is 52.0 Å². The van der Waals surface area contributed by atoms with Crippen molar-refractivity contribution in [2.45, 2.75) is 11.8 Å². The van der Waals surface area contributed by atoms with Gasteiger partial charge >= 0.3 is 0 Å². The van der Waals surface area contributed by atoms with Gasteiger partial charge in [-0.25, -0.2) is 4.39 Å². The first-order chi connectivity index (χ1) is 8.13. The molecule has 90 valence electrons. The van der Waals surface area contributed by atoms with E-state index in [0.717, 1.165) is 5.57 Å². The van der Waals surface area contributed by atoms with E-state index < -0.39 is 0 Å². The lowest BCUT2D eigenvalue weighted by atomic mass is 9.97. The Hall–Kier alpha value is -0.800. The van der Waals surface area contributed by atoms with Crippen LogP contribution in [0.4, 0.5) is 4.39 Å². The van der Waals surface area contributed by atoms with Crippen LogP contribution in [0.25, 0.3) is 5.57 Å². The summed E-state index contributed by atoms with van der Waals surface area (Å²) in [6, 6.07) is 4.90. The number of alkyl halides is 1. The highest BCUT2D eigenvalue weighted by Crippen LogP contribution is 2.35. The molecule has 1 aliphatic rings. The maximum atomic E-state index is 13.9. The smallest absolute Gasteiger partial charge is 0.132 e. The molecule has 0 N–H and O–H groups in total. The van der Waals surface area contributed by atoms with Crippen molar-refractivity contribution in [1.29, 1.82) is 0 Å². The number of benzene rings is 1. The molecule has 0 heterocycles. The van der Waals surface area contributed by atoms with E-state index in [9.17, 15) is 4.39 Å². The fourth-order valence-electron chi connectivity index (χ4n) is 1.82. The first-order valence-corrected chi connectivity index (χ1v) is 6.40. The van der Waals surface area contributed by atoms with Crippen LogP contribution >= 0.6 is 27.5 Å². The van der Waals surface area contributed by atoms with E-state index in [1.54, 1.807) is 19.2 Å². The normalized spacial score (nSPS) is 19.6. The average Bonchev–Trinajstić information content (AvgIpc) is 2.30. The van der Waals surface area contributed by atoms with Crippen LogP contribution in [-0.4, -0.2) is 12.5 Å². The Labute approximate surface area is 113 Å². The average molecular weight is 318 g/mol. The van der Waals surface area contributed by atoms with E-state index in [1.165, 1.54) is 6.07 Å². The summed E-state index contributed by atoms with van der Waals surface area (Å²) in [6.45, 7) is 0. The van der Waals surface area contributed by atoms with Crippen LogP contribution in [0.1, 0.15) is 12.0 Å². The number of hydrogen-bond acceptors (Lipinski definition) is 1. The standard InChI is InChI=1S/C13H11BrClFO/c1-17-12-7-8(15)5-6-9(12)13-10(14)3-2-4-11(13)16/h2-6,8H,7H2,1H3.